The zero-order valence-electron chi connectivity index (χ0n) is 12.9. The lowest BCUT2D eigenvalue weighted by atomic mass is 9.99. The summed E-state index contributed by atoms with van der Waals surface area (Å²) >= 11 is 1.56. The maximum atomic E-state index is 12.5. The van der Waals surface area contributed by atoms with E-state index in [1.54, 1.807) is 23.9 Å². The Hall–Kier alpha value is -2.27. The molecule has 2 N–H and O–H groups in total. The van der Waals surface area contributed by atoms with Crippen LogP contribution in [0.3, 0.4) is 0 Å². The van der Waals surface area contributed by atoms with Gasteiger partial charge in [0.15, 0.2) is 0 Å². The van der Waals surface area contributed by atoms with Crippen LogP contribution in [0.2, 0.25) is 0 Å². The van der Waals surface area contributed by atoms with Gasteiger partial charge in [-0.1, -0.05) is 48.5 Å². The number of carbonyl (C=O) groups is 2. The SMILES string of the molecule is CSCC[C@H](NC(=O)c1ccccc1-c1ccccc1)C(=O)O. The van der Waals surface area contributed by atoms with E-state index in [4.69, 9.17) is 0 Å². The number of benzene rings is 2. The molecule has 0 fully saturated rings. The Labute approximate surface area is 139 Å². The second-order valence-electron chi connectivity index (χ2n) is 5.06. The van der Waals surface area contributed by atoms with Crippen molar-refractivity contribution in [2.45, 2.75) is 12.5 Å². The highest BCUT2D eigenvalue weighted by molar-refractivity contribution is 7.98. The molecule has 120 valence electrons. The van der Waals surface area contributed by atoms with Crippen LogP contribution in [0.25, 0.3) is 11.1 Å². The van der Waals surface area contributed by atoms with E-state index in [-0.39, 0.29) is 5.91 Å². The molecule has 1 atom stereocenters. The summed E-state index contributed by atoms with van der Waals surface area (Å²) in [5.41, 5.74) is 2.20. The predicted octanol–water partition coefficient (Wildman–Crippen LogP) is 3.29. The molecule has 0 bridgehead atoms. The number of carboxylic acid groups (broad SMARTS) is 1. The summed E-state index contributed by atoms with van der Waals surface area (Å²) in [6.45, 7) is 0. The number of carboxylic acids is 1. The van der Waals surface area contributed by atoms with Gasteiger partial charge in [-0.3, -0.25) is 4.79 Å². The zero-order valence-corrected chi connectivity index (χ0v) is 13.7. The first kappa shape index (κ1) is 17.1. The number of nitrogens with one attached hydrogen (secondary N) is 1. The molecule has 1 amide bonds. The third-order valence-corrected chi connectivity index (χ3v) is 4.11. The number of thioether (sulfide) groups is 1. The lowest BCUT2D eigenvalue weighted by Crippen LogP contribution is -2.41. The van der Waals surface area contributed by atoms with Crippen molar-refractivity contribution in [3.05, 3.63) is 60.2 Å². The van der Waals surface area contributed by atoms with E-state index in [9.17, 15) is 14.7 Å². The molecule has 0 aromatic heterocycles. The molecule has 2 rings (SSSR count). The lowest BCUT2D eigenvalue weighted by molar-refractivity contribution is -0.139. The van der Waals surface area contributed by atoms with Gasteiger partial charge in [0.05, 0.1) is 0 Å². The van der Waals surface area contributed by atoms with Crippen molar-refractivity contribution >= 4 is 23.6 Å². The summed E-state index contributed by atoms with van der Waals surface area (Å²) in [5, 5.41) is 11.9. The van der Waals surface area contributed by atoms with Crippen LogP contribution in [0.15, 0.2) is 54.6 Å². The highest BCUT2D eigenvalue weighted by Gasteiger charge is 2.21. The molecule has 0 aliphatic heterocycles. The van der Waals surface area contributed by atoms with Crippen molar-refractivity contribution in [2.24, 2.45) is 0 Å². The molecule has 2 aromatic rings. The average molecular weight is 329 g/mol. The predicted molar refractivity (Wildman–Crippen MR) is 93.8 cm³/mol. The smallest absolute Gasteiger partial charge is 0.326 e. The highest BCUT2D eigenvalue weighted by atomic mass is 32.2. The minimum Gasteiger partial charge on any atom is -0.480 e. The minimum atomic E-state index is -1.01. The average Bonchev–Trinajstić information content (AvgIpc) is 2.59. The van der Waals surface area contributed by atoms with Gasteiger partial charge in [-0.15, -0.1) is 0 Å². The Morgan fingerprint density at radius 1 is 1.09 bits per heavy atom. The lowest BCUT2D eigenvalue weighted by Gasteiger charge is -2.16. The summed E-state index contributed by atoms with van der Waals surface area (Å²) in [6, 6.07) is 15.9. The Morgan fingerprint density at radius 2 is 1.74 bits per heavy atom. The number of hydrogen-bond acceptors (Lipinski definition) is 3. The number of rotatable bonds is 7. The van der Waals surface area contributed by atoms with Crippen molar-refractivity contribution in [1.29, 1.82) is 0 Å². The van der Waals surface area contributed by atoms with Gasteiger partial charge in [0.1, 0.15) is 6.04 Å². The molecule has 2 aromatic carbocycles. The first-order valence-corrected chi connectivity index (χ1v) is 8.70. The first-order chi connectivity index (χ1) is 11.1. The molecule has 0 radical (unpaired) electrons. The van der Waals surface area contributed by atoms with Crippen molar-refractivity contribution in [3.8, 4) is 11.1 Å². The van der Waals surface area contributed by atoms with Gasteiger partial charge < -0.3 is 10.4 Å². The molecule has 0 aliphatic rings. The molecule has 5 heteroatoms. The summed E-state index contributed by atoms with van der Waals surface area (Å²) < 4.78 is 0. The second kappa shape index (κ2) is 8.39. The Morgan fingerprint density at radius 3 is 2.39 bits per heavy atom. The van der Waals surface area contributed by atoms with E-state index < -0.39 is 12.0 Å². The van der Waals surface area contributed by atoms with Crippen LogP contribution in [-0.4, -0.2) is 35.0 Å². The van der Waals surface area contributed by atoms with Crippen LogP contribution in [0.4, 0.5) is 0 Å². The molecule has 23 heavy (non-hydrogen) atoms. The van der Waals surface area contributed by atoms with Gasteiger partial charge >= 0.3 is 5.97 Å². The van der Waals surface area contributed by atoms with Crippen LogP contribution in [0, 0.1) is 0 Å². The molecule has 0 spiro atoms. The number of amides is 1. The molecule has 0 heterocycles. The van der Waals surface area contributed by atoms with Gasteiger partial charge in [0.2, 0.25) is 0 Å². The van der Waals surface area contributed by atoms with E-state index in [0.29, 0.717) is 17.7 Å². The number of carbonyl (C=O) groups excluding carboxylic acids is 1. The molecular weight excluding hydrogens is 310 g/mol. The summed E-state index contributed by atoms with van der Waals surface area (Å²) in [4.78, 5) is 23.8. The normalized spacial score (nSPS) is 11.7. The van der Waals surface area contributed by atoms with Crippen molar-refractivity contribution < 1.29 is 14.7 Å². The first-order valence-electron chi connectivity index (χ1n) is 7.30. The fraction of sp³-hybridized carbons (Fsp3) is 0.222. The van der Waals surface area contributed by atoms with E-state index in [0.717, 1.165) is 11.1 Å². The third-order valence-electron chi connectivity index (χ3n) is 3.47. The molecule has 0 saturated carbocycles. The zero-order chi connectivity index (χ0) is 16.7. The van der Waals surface area contributed by atoms with Crippen molar-refractivity contribution in [1.82, 2.24) is 5.32 Å². The van der Waals surface area contributed by atoms with Gasteiger partial charge in [-0.2, -0.15) is 11.8 Å². The molecular formula is C18H19NO3S. The second-order valence-corrected chi connectivity index (χ2v) is 6.04. The largest absolute Gasteiger partial charge is 0.480 e. The molecule has 0 aliphatic carbocycles. The number of aliphatic carboxylic acids is 1. The summed E-state index contributed by atoms with van der Waals surface area (Å²) in [6.07, 6.45) is 2.31. The van der Waals surface area contributed by atoms with Gasteiger partial charge in [0, 0.05) is 5.56 Å². The summed E-state index contributed by atoms with van der Waals surface area (Å²) in [7, 11) is 0. The standard InChI is InChI=1S/C18H19NO3S/c1-23-12-11-16(18(21)22)19-17(20)15-10-6-5-9-14(15)13-7-3-2-4-8-13/h2-10,16H,11-12H2,1H3,(H,19,20)(H,21,22)/t16-/m0/s1. The minimum absolute atomic E-state index is 0.363. The van der Waals surface area contributed by atoms with Crippen LogP contribution in [-0.2, 0) is 4.79 Å². The van der Waals surface area contributed by atoms with Crippen molar-refractivity contribution in [3.63, 3.8) is 0 Å². The Balaban J connectivity index is 2.24. The molecule has 4 nitrogen and oxygen atoms in total. The van der Waals surface area contributed by atoms with E-state index >= 15 is 0 Å². The molecule has 0 saturated heterocycles. The maximum Gasteiger partial charge on any atom is 0.326 e. The summed E-state index contributed by atoms with van der Waals surface area (Å²) in [5.74, 6) is -0.694. The monoisotopic (exact) mass is 329 g/mol. The fourth-order valence-corrected chi connectivity index (χ4v) is 2.75. The highest BCUT2D eigenvalue weighted by Crippen LogP contribution is 2.23. The van der Waals surface area contributed by atoms with Gasteiger partial charge in [-0.05, 0) is 35.6 Å². The van der Waals surface area contributed by atoms with Gasteiger partial charge in [0.25, 0.3) is 5.91 Å². The molecule has 0 unspecified atom stereocenters. The quantitative estimate of drug-likeness (QED) is 0.818. The van der Waals surface area contributed by atoms with E-state index in [1.165, 1.54) is 0 Å². The third kappa shape index (κ3) is 4.60. The Bertz CT molecular complexity index is 673. The topological polar surface area (TPSA) is 66.4 Å². The number of hydrogen-bond donors (Lipinski definition) is 2. The van der Waals surface area contributed by atoms with Crippen LogP contribution in [0.5, 0.6) is 0 Å². The fourth-order valence-electron chi connectivity index (χ4n) is 2.28. The van der Waals surface area contributed by atoms with Crippen molar-refractivity contribution in [2.75, 3.05) is 12.0 Å². The van der Waals surface area contributed by atoms with Crippen LogP contribution < -0.4 is 5.32 Å². The van der Waals surface area contributed by atoms with Gasteiger partial charge in [-0.25, -0.2) is 4.79 Å². The Kier molecular flexibility index (Phi) is 6.23. The maximum absolute atomic E-state index is 12.5. The van der Waals surface area contributed by atoms with Crippen LogP contribution in [0.1, 0.15) is 16.8 Å². The van der Waals surface area contributed by atoms with Crippen LogP contribution >= 0.6 is 11.8 Å². The van der Waals surface area contributed by atoms with E-state index in [2.05, 4.69) is 5.32 Å². The van der Waals surface area contributed by atoms with E-state index in [1.807, 2.05) is 48.7 Å².